The molecule has 4 aromatic carbocycles. The smallest absolute Gasteiger partial charge is 0.344 e. The van der Waals surface area contributed by atoms with Crippen LogP contribution in [0.3, 0.4) is 0 Å². The molecule has 0 saturated carbocycles. The second kappa shape index (κ2) is 12.0. The van der Waals surface area contributed by atoms with Crippen LogP contribution in [-0.2, 0) is 9.53 Å². The summed E-state index contributed by atoms with van der Waals surface area (Å²) in [6.07, 6.45) is 1.42. The average molecular weight is 569 g/mol. The molecule has 0 spiro atoms. The van der Waals surface area contributed by atoms with Crippen LogP contribution in [0.15, 0.2) is 95.0 Å². The summed E-state index contributed by atoms with van der Waals surface area (Å²) >= 11 is 3.40. The number of ether oxygens (including phenoxy) is 2. The van der Waals surface area contributed by atoms with Gasteiger partial charge in [-0.2, -0.15) is 5.26 Å². The molecular formula is C30H21BrN2O5. The first-order chi connectivity index (χ1) is 18.4. The van der Waals surface area contributed by atoms with E-state index in [9.17, 15) is 19.6 Å². The lowest BCUT2D eigenvalue weighted by molar-refractivity contribution is -0.112. The number of halogens is 1. The maximum absolute atomic E-state index is 12.9. The van der Waals surface area contributed by atoms with Crippen molar-refractivity contribution in [2.45, 2.75) is 6.92 Å². The topological polar surface area (TPSA) is 105 Å². The fourth-order valence-corrected chi connectivity index (χ4v) is 4.14. The van der Waals surface area contributed by atoms with Crippen molar-refractivity contribution in [2.24, 2.45) is 0 Å². The Bertz CT molecular complexity index is 1600. The molecule has 0 aliphatic rings. The number of hydrogen-bond acceptors (Lipinski definition) is 6. The lowest BCUT2D eigenvalue weighted by atomic mass is 10.0. The zero-order valence-electron chi connectivity index (χ0n) is 20.2. The van der Waals surface area contributed by atoms with Crippen LogP contribution in [0.25, 0.3) is 16.8 Å². The predicted molar refractivity (Wildman–Crippen MR) is 148 cm³/mol. The molecule has 0 saturated heterocycles. The van der Waals surface area contributed by atoms with Crippen LogP contribution in [0.1, 0.15) is 33.2 Å². The zero-order chi connectivity index (χ0) is 27.1. The van der Waals surface area contributed by atoms with E-state index in [1.54, 1.807) is 49.4 Å². The summed E-state index contributed by atoms with van der Waals surface area (Å²) in [6, 6.07) is 25.9. The fourth-order valence-electron chi connectivity index (χ4n) is 3.67. The maximum atomic E-state index is 12.9. The van der Waals surface area contributed by atoms with Crippen molar-refractivity contribution in [3.63, 3.8) is 0 Å². The van der Waals surface area contributed by atoms with Gasteiger partial charge in [-0.3, -0.25) is 4.79 Å². The molecule has 8 heteroatoms. The molecule has 38 heavy (non-hydrogen) atoms. The first kappa shape index (κ1) is 26.3. The van der Waals surface area contributed by atoms with E-state index in [1.807, 2.05) is 36.4 Å². The van der Waals surface area contributed by atoms with Crippen molar-refractivity contribution >= 4 is 56.3 Å². The van der Waals surface area contributed by atoms with E-state index in [4.69, 9.17) is 9.47 Å². The molecule has 1 amide bonds. The van der Waals surface area contributed by atoms with Crippen LogP contribution >= 0.6 is 15.9 Å². The molecule has 4 aromatic rings. The predicted octanol–water partition coefficient (Wildman–Crippen LogP) is 6.54. The van der Waals surface area contributed by atoms with Crippen molar-refractivity contribution in [2.75, 3.05) is 11.9 Å². The lowest BCUT2D eigenvalue weighted by Gasteiger charge is -2.09. The van der Waals surface area contributed by atoms with Gasteiger partial charge in [0.2, 0.25) is 0 Å². The Morgan fingerprint density at radius 3 is 2.39 bits per heavy atom. The van der Waals surface area contributed by atoms with Gasteiger partial charge in [0.15, 0.2) is 0 Å². The van der Waals surface area contributed by atoms with Gasteiger partial charge in [0.1, 0.15) is 17.4 Å². The number of esters is 2. The molecule has 0 aliphatic carbocycles. The minimum Gasteiger partial charge on any atom is -0.462 e. The summed E-state index contributed by atoms with van der Waals surface area (Å²) in [7, 11) is 0. The molecule has 0 aliphatic heterocycles. The SMILES string of the molecule is CCOC(=O)c1ccc(NC(=O)/C(C#N)=C/c2ccc(OC(=O)c3cccc4ccccc34)c(Br)c2)cc1. The van der Waals surface area contributed by atoms with Gasteiger partial charge in [0.25, 0.3) is 5.91 Å². The molecular weight excluding hydrogens is 548 g/mol. The monoisotopic (exact) mass is 568 g/mol. The van der Waals surface area contributed by atoms with Gasteiger partial charge in [0, 0.05) is 5.69 Å². The molecule has 0 unspecified atom stereocenters. The maximum Gasteiger partial charge on any atom is 0.344 e. The van der Waals surface area contributed by atoms with E-state index < -0.39 is 17.8 Å². The highest BCUT2D eigenvalue weighted by Crippen LogP contribution is 2.29. The van der Waals surface area contributed by atoms with Crippen molar-refractivity contribution in [1.82, 2.24) is 0 Å². The number of nitrogens with one attached hydrogen (secondary N) is 1. The van der Waals surface area contributed by atoms with Crippen LogP contribution in [0, 0.1) is 11.3 Å². The number of rotatable bonds is 7. The molecule has 0 heterocycles. The lowest BCUT2D eigenvalue weighted by Crippen LogP contribution is -2.13. The summed E-state index contributed by atoms with van der Waals surface area (Å²) in [5, 5.41) is 13.9. The fraction of sp³-hybridized carbons (Fsp3) is 0.0667. The highest BCUT2D eigenvalue weighted by atomic mass is 79.9. The van der Waals surface area contributed by atoms with Crippen LogP contribution in [-0.4, -0.2) is 24.5 Å². The molecule has 4 rings (SSSR count). The number of amides is 1. The highest BCUT2D eigenvalue weighted by Gasteiger charge is 2.15. The Labute approximate surface area is 227 Å². The number of hydrogen-bond donors (Lipinski definition) is 1. The minimum absolute atomic E-state index is 0.133. The first-order valence-electron chi connectivity index (χ1n) is 11.6. The summed E-state index contributed by atoms with van der Waals surface area (Å²) in [5.41, 5.74) is 1.63. The molecule has 1 N–H and O–H groups in total. The van der Waals surface area contributed by atoms with E-state index in [0.717, 1.165) is 10.8 Å². The van der Waals surface area contributed by atoms with Gasteiger partial charge in [0.05, 0.1) is 22.2 Å². The van der Waals surface area contributed by atoms with Gasteiger partial charge in [-0.1, -0.05) is 42.5 Å². The van der Waals surface area contributed by atoms with E-state index in [1.165, 1.54) is 18.2 Å². The van der Waals surface area contributed by atoms with Crippen molar-refractivity contribution < 1.29 is 23.9 Å². The Balaban J connectivity index is 1.47. The Morgan fingerprint density at radius 2 is 1.68 bits per heavy atom. The number of carbonyl (C=O) groups excluding carboxylic acids is 3. The Kier molecular flexibility index (Phi) is 8.31. The quantitative estimate of drug-likeness (QED) is 0.117. The third-order valence-corrected chi connectivity index (χ3v) is 6.12. The van der Waals surface area contributed by atoms with Crippen molar-refractivity contribution in [1.29, 1.82) is 5.26 Å². The molecule has 188 valence electrons. The van der Waals surface area contributed by atoms with E-state index in [-0.39, 0.29) is 12.2 Å². The zero-order valence-corrected chi connectivity index (χ0v) is 21.8. The second-order valence-corrected chi connectivity index (χ2v) is 8.88. The van der Waals surface area contributed by atoms with Gasteiger partial charge < -0.3 is 14.8 Å². The van der Waals surface area contributed by atoms with Crippen molar-refractivity contribution in [3.8, 4) is 11.8 Å². The largest absolute Gasteiger partial charge is 0.462 e. The van der Waals surface area contributed by atoms with Gasteiger partial charge in [-0.05, 0) is 87.7 Å². The normalized spacial score (nSPS) is 10.9. The average Bonchev–Trinajstić information content (AvgIpc) is 2.93. The summed E-state index contributed by atoms with van der Waals surface area (Å²) in [4.78, 5) is 37.3. The molecule has 0 aromatic heterocycles. The van der Waals surface area contributed by atoms with Gasteiger partial charge in [-0.15, -0.1) is 0 Å². The Morgan fingerprint density at radius 1 is 0.947 bits per heavy atom. The summed E-state index contributed by atoms with van der Waals surface area (Å²) < 4.78 is 11.0. The van der Waals surface area contributed by atoms with Crippen LogP contribution in [0.4, 0.5) is 5.69 Å². The highest BCUT2D eigenvalue weighted by molar-refractivity contribution is 9.10. The van der Waals surface area contributed by atoms with E-state index >= 15 is 0 Å². The first-order valence-corrected chi connectivity index (χ1v) is 12.4. The summed E-state index contributed by atoms with van der Waals surface area (Å²) in [5.74, 6) is -1.28. The van der Waals surface area contributed by atoms with Crippen LogP contribution in [0.2, 0.25) is 0 Å². The number of nitrogens with zero attached hydrogens (tertiary/aromatic N) is 1. The Hall–Kier alpha value is -4.74. The minimum atomic E-state index is -0.612. The standard InChI is InChI=1S/C30H21BrN2O5/c1-2-37-29(35)21-11-13-23(14-12-21)33-28(34)22(18-32)16-19-10-15-27(26(31)17-19)38-30(36)25-9-5-7-20-6-3-4-8-24(20)25/h3-17H,2H2,1H3,(H,33,34)/b22-16+. The van der Waals surface area contributed by atoms with Crippen molar-refractivity contribution in [3.05, 3.63) is 112 Å². The van der Waals surface area contributed by atoms with E-state index in [0.29, 0.717) is 32.6 Å². The molecule has 7 nitrogen and oxygen atoms in total. The number of carbonyl (C=O) groups is 3. The van der Waals surface area contributed by atoms with Gasteiger partial charge >= 0.3 is 11.9 Å². The third-order valence-electron chi connectivity index (χ3n) is 5.50. The molecule has 0 atom stereocenters. The molecule has 0 radical (unpaired) electrons. The number of benzene rings is 4. The second-order valence-electron chi connectivity index (χ2n) is 8.03. The van der Waals surface area contributed by atoms with Gasteiger partial charge in [-0.25, -0.2) is 9.59 Å². The molecule has 0 fully saturated rings. The van der Waals surface area contributed by atoms with E-state index in [2.05, 4.69) is 21.2 Å². The van der Waals surface area contributed by atoms with Crippen LogP contribution < -0.4 is 10.1 Å². The summed E-state index contributed by atoms with van der Waals surface area (Å²) in [6.45, 7) is 1.98. The number of anilines is 1. The number of fused-ring (bicyclic) bond motifs is 1. The molecule has 0 bridgehead atoms. The number of nitriles is 1. The van der Waals surface area contributed by atoms with Crippen LogP contribution in [0.5, 0.6) is 5.75 Å². The third kappa shape index (κ3) is 6.14.